The summed E-state index contributed by atoms with van der Waals surface area (Å²) in [5, 5.41) is 6.67. The molecule has 5 heteroatoms. The molecule has 0 aliphatic carbocycles. The van der Waals surface area contributed by atoms with Crippen LogP contribution in [0.25, 0.3) is 0 Å². The number of benzene rings is 1. The molecule has 25 heavy (non-hydrogen) atoms. The van der Waals surface area contributed by atoms with Crippen molar-refractivity contribution in [1.29, 1.82) is 0 Å². The van der Waals surface area contributed by atoms with E-state index in [1.807, 2.05) is 17.0 Å². The fraction of sp³-hybridized carbons (Fsp3) is 0.650. The van der Waals surface area contributed by atoms with E-state index in [1.54, 1.807) is 0 Å². The van der Waals surface area contributed by atoms with Gasteiger partial charge in [0.2, 0.25) is 0 Å². The minimum absolute atomic E-state index is 0.0340. The van der Waals surface area contributed by atoms with Gasteiger partial charge >= 0.3 is 6.03 Å². The fourth-order valence-electron chi connectivity index (χ4n) is 3.78. The first-order valence-electron chi connectivity index (χ1n) is 9.74. The lowest BCUT2D eigenvalue weighted by atomic mass is 9.98. The lowest BCUT2D eigenvalue weighted by Crippen LogP contribution is -2.42. The average molecular weight is 345 g/mol. The van der Waals surface area contributed by atoms with E-state index in [1.165, 1.54) is 25.7 Å². The molecule has 0 unspecified atom stereocenters. The van der Waals surface area contributed by atoms with Crippen molar-refractivity contribution < 1.29 is 4.79 Å². The maximum Gasteiger partial charge on any atom is 0.321 e. The minimum atomic E-state index is 0.0340. The molecule has 0 aromatic heterocycles. The highest BCUT2D eigenvalue weighted by atomic mass is 16.2. The molecule has 0 saturated carbocycles. The van der Waals surface area contributed by atoms with Gasteiger partial charge in [-0.05, 0) is 63.9 Å². The Labute approximate surface area is 151 Å². The molecule has 2 aliphatic heterocycles. The summed E-state index contributed by atoms with van der Waals surface area (Å²) in [6, 6.07) is 9.32. The number of carbonyl (C=O) groups is 1. The molecule has 2 aliphatic rings. The summed E-state index contributed by atoms with van der Waals surface area (Å²) in [6.07, 6.45) is 7.05. The number of carbonyl (C=O) groups excluding carboxylic acids is 1. The summed E-state index contributed by atoms with van der Waals surface area (Å²) >= 11 is 0. The molecule has 138 valence electrons. The summed E-state index contributed by atoms with van der Waals surface area (Å²) < 4.78 is 0. The first-order chi connectivity index (χ1) is 12.1. The number of hydrogen-bond acceptors (Lipinski definition) is 3. The van der Waals surface area contributed by atoms with Crippen LogP contribution >= 0.6 is 0 Å². The van der Waals surface area contributed by atoms with E-state index < -0.39 is 0 Å². The molecule has 1 aromatic carbocycles. The topological polar surface area (TPSA) is 47.6 Å². The largest absolute Gasteiger partial charge is 0.382 e. The average Bonchev–Trinajstić information content (AvgIpc) is 2.89. The molecule has 1 aromatic rings. The molecule has 0 radical (unpaired) electrons. The van der Waals surface area contributed by atoms with Gasteiger partial charge in [-0.1, -0.05) is 12.8 Å². The molecule has 2 fully saturated rings. The standard InChI is InChI=1S/C20H32N4O/c1-16-15-19(11-14-23(16)2)21-17-7-9-18(10-8-17)22-20(25)24-12-5-3-4-6-13-24/h7-10,16,19,21H,3-6,11-15H2,1-2H3,(H,22,25)/t16-,19-/m0/s1. The van der Waals surface area contributed by atoms with Crippen molar-refractivity contribution >= 4 is 17.4 Å². The molecular weight excluding hydrogens is 312 g/mol. The third kappa shape index (κ3) is 5.11. The van der Waals surface area contributed by atoms with E-state index >= 15 is 0 Å². The molecule has 3 rings (SSSR count). The van der Waals surface area contributed by atoms with E-state index in [4.69, 9.17) is 0 Å². The van der Waals surface area contributed by atoms with Crippen molar-refractivity contribution in [3.63, 3.8) is 0 Å². The second-order valence-electron chi connectivity index (χ2n) is 7.60. The van der Waals surface area contributed by atoms with Crippen LogP contribution in [-0.2, 0) is 0 Å². The van der Waals surface area contributed by atoms with Gasteiger partial charge in [0, 0.05) is 43.1 Å². The number of hydrogen-bond donors (Lipinski definition) is 2. The van der Waals surface area contributed by atoms with Crippen LogP contribution in [0, 0.1) is 0 Å². The Bertz CT molecular complexity index is 551. The SMILES string of the molecule is C[C@H]1C[C@@H](Nc2ccc(NC(=O)N3CCCCCC3)cc2)CCN1C. The Morgan fingerprint density at radius 3 is 2.28 bits per heavy atom. The second kappa shape index (κ2) is 8.56. The third-order valence-electron chi connectivity index (χ3n) is 5.61. The highest BCUT2D eigenvalue weighted by Gasteiger charge is 2.22. The highest BCUT2D eigenvalue weighted by molar-refractivity contribution is 5.89. The lowest BCUT2D eigenvalue weighted by molar-refractivity contribution is 0.190. The van der Waals surface area contributed by atoms with Crippen molar-refractivity contribution in [3.05, 3.63) is 24.3 Å². The number of urea groups is 1. The van der Waals surface area contributed by atoms with Gasteiger partial charge in [-0.2, -0.15) is 0 Å². The maximum absolute atomic E-state index is 12.4. The fourth-order valence-corrected chi connectivity index (χ4v) is 3.78. The van der Waals surface area contributed by atoms with Gasteiger partial charge < -0.3 is 20.4 Å². The molecule has 0 spiro atoms. The summed E-state index contributed by atoms with van der Waals surface area (Å²) in [4.78, 5) is 16.7. The first-order valence-corrected chi connectivity index (χ1v) is 9.74. The van der Waals surface area contributed by atoms with Gasteiger partial charge in [0.15, 0.2) is 0 Å². The normalized spacial score (nSPS) is 25.3. The van der Waals surface area contributed by atoms with Gasteiger partial charge in [0.05, 0.1) is 0 Å². The summed E-state index contributed by atoms with van der Waals surface area (Å²) in [6.45, 7) is 5.18. The molecule has 2 amide bonds. The van der Waals surface area contributed by atoms with E-state index in [-0.39, 0.29) is 6.03 Å². The number of nitrogens with one attached hydrogen (secondary N) is 2. The quantitative estimate of drug-likeness (QED) is 0.871. The molecule has 2 atom stereocenters. The molecule has 2 N–H and O–H groups in total. The molecule has 0 bridgehead atoms. The predicted octanol–water partition coefficient (Wildman–Crippen LogP) is 3.99. The van der Waals surface area contributed by atoms with E-state index in [2.05, 4.69) is 41.6 Å². The van der Waals surface area contributed by atoms with Gasteiger partial charge in [0.25, 0.3) is 0 Å². The van der Waals surface area contributed by atoms with Crippen LogP contribution < -0.4 is 10.6 Å². The van der Waals surface area contributed by atoms with Crippen molar-refractivity contribution in [2.45, 2.75) is 57.5 Å². The van der Waals surface area contributed by atoms with Gasteiger partial charge in [-0.25, -0.2) is 4.79 Å². The Balaban J connectivity index is 1.50. The monoisotopic (exact) mass is 344 g/mol. The van der Waals surface area contributed by atoms with Crippen LogP contribution in [0.4, 0.5) is 16.2 Å². The molecular formula is C20H32N4O. The summed E-state index contributed by atoms with van der Waals surface area (Å²) in [7, 11) is 2.20. The van der Waals surface area contributed by atoms with Gasteiger partial charge in [-0.15, -0.1) is 0 Å². The van der Waals surface area contributed by atoms with Crippen molar-refractivity contribution in [3.8, 4) is 0 Å². The highest BCUT2D eigenvalue weighted by Crippen LogP contribution is 2.21. The van der Waals surface area contributed by atoms with Crippen molar-refractivity contribution in [2.75, 3.05) is 37.3 Å². The van der Waals surface area contributed by atoms with Crippen LogP contribution in [0.1, 0.15) is 45.4 Å². The third-order valence-corrected chi connectivity index (χ3v) is 5.61. The number of anilines is 2. The number of rotatable bonds is 3. The first kappa shape index (κ1) is 18.1. The van der Waals surface area contributed by atoms with Crippen molar-refractivity contribution in [1.82, 2.24) is 9.80 Å². The Hall–Kier alpha value is -1.75. The zero-order valence-electron chi connectivity index (χ0n) is 15.6. The predicted molar refractivity (Wildman–Crippen MR) is 104 cm³/mol. The van der Waals surface area contributed by atoms with Crippen LogP contribution in [0.2, 0.25) is 0 Å². The smallest absolute Gasteiger partial charge is 0.321 e. The van der Waals surface area contributed by atoms with Gasteiger partial charge in [-0.3, -0.25) is 0 Å². The Kier molecular flexibility index (Phi) is 6.19. The summed E-state index contributed by atoms with van der Waals surface area (Å²) in [5.74, 6) is 0. The summed E-state index contributed by atoms with van der Waals surface area (Å²) in [5.41, 5.74) is 2.01. The van der Waals surface area contributed by atoms with Crippen LogP contribution in [0.15, 0.2) is 24.3 Å². The van der Waals surface area contributed by atoms with E-state index in [0.29, 0.717) is 12.1 Å². The number of piperidine rings is 1. The van der Waals surface area contributed by atoms with Crippen LogP contribution in [-0.4, -0.2) is 54.6 Å². The van der Waals surface area contributed by atoms with Crippen molar-refractivity contribution in [2.24, 2.45) is 0 Å². The van der Waals surface area contributed by atoms with Crippen LogP contribution in [0.5, 0.6) is 0 Å². The Morgan fingerprint density at radius 2 is 1.64 bits per heavy atom. The second-order valence-corrected chi connectivity index (χ2v) is 7.60. The van der Waals surface area contributed by atoms with Gasteiger partial charge in [0.1, 0.15) is 0 Å². The molecule has 5 nitrogen and oxygen atoms in total. The Morgan fingerprint density at radius 1 is 1.00 bits per heavy atom. The van der Waals surface area contributed by atoms with E-state index in [0.717, 1.165) is 43.9 Å². The maximum atomic E-state index is 12.4. The zero-order chi connectivity index (χ0) is 17.6. The number of nitrogens with zero attached hydrogens (tertiary/aromatic N) is 2. The minimum Gasteiger partial charge on any atom is -0.382 e. The molecule has 2 heterocycles. The zero-order valence-corrected chi connectivity index (χ0v) is 15.6. The number of amides is 2. The van der Waals surface area contributed by atoms with Crippen LogP contribution in [0.3, 0.4) is 0 Å². The lowest BCUT2D eigenvalue weighted by Gasteiger charge is -2.35. The van der Waals surface area contributed by atoms with E-state index in [9.17, 15) is 4.79 Å². The number of likely N-dealkylation sites (tertiary alicyclic amines) is 2. The molecule has 2 saturated heterocycles.